The summed E-state index contributed by atoms with van der Waals surface area (Å²) >= 11 is 1.35. The van der Waals surface area contributed by atoms with Gasteiger partial charge < -0.3 is 9.64 Å². The van der Waals surface area contributed by atoms with Gasteiger partial charge in [-0.15, -0.1) is 0 Å². The molecule has 0 saturated heterocycles. The summed E-state index contributed by atoms with van der Waals surface area (Å²) in [5.41, 5.74) is 0. The van der Waals surface area contributed by atoms with Crippen LogP contribution in [0.4, 0.5) is 0 Å². The lowest BCUT2D eigenvalue weighted by atomic mass is 10.2. The normalized spacial score (nSPS) is 17.5. The number of ether oxygens (including phenoxy) is 1. The minimum absolute atomic E-state index is 0.342. The predicted molar refractivity (Wildman–Crippen MR) is 65.7 cm³/mol. The van der Waals surface area contributed by atoms with Crippen LogP contribution in [-0.4, -0.2) is 42.5 Å². The second kappa shape index (κ2) is 6.85. The fourth-order valence-corrected chi connectivity index (χ4v) is 1.95. The lowest BCUT2D eigenvalue weighted by Gasteiger charge is -2.25. The molecule has 0 aromatic heterocycles. The van der Waals surface area contributed by atoms with Crippen molar-refractivity contribution in [2.45, 2.75) is 31.7 Å². The van der Waals surface area contributed by atoms with Crippen molar-refractivity contribution in [2.75, 3.05) is 20.1 Å². The van der Waals surface area contributed by atoms with Crippen LogP contribution in [0.15, 0.2) is 4.99 Å². The first kappa shape index (κ1) is 12.5. The Morgan fingerprint density at radius 3 is 2.80 bits per heavy atom. The number of hydrogen-bond donors (Lipinski definition) is 1. The van der Waals surface area contributed by atoms with Gasteiger partial charge in [-0.3, -0.25) is 5.41 Å². The lowest BCUT2D eigenvalue weighted by Crippen LogP contribution is -2.33. The Kier molecular flexibility index (Phi) is 5.71. The highest BCUT2D eigenvalue weighted by Crippen LogP contribution is 2.22. The van der Waals surface area contributed by atoms with Gasteiger partial charge in [0.1, 0.15) is 6.73 Å². The van der Waals surface area contributed by atoms with E-state index in [1.807, 2.05) is 6.26 Å². The van der Waals surface area contributed by atoms with Crippen molar-refractivity contribution in [3.8, 4) is 0 Å². The van der Waals surface area contributed by atoms with Crippen molar-refractivity contribution in [2.24, 2.45) is 4.99 Å². The Bertz CT molecular complexity index is 227. The van der Waals surface area contributed by atoms with Crippen LogP contribution in [-0.2, 0) is 4.74 Å². The van der Waals surface area contributed by atoms with Crippen LogP contribution in [0, 0.1) is 5.41 Å². The molecule has 1 N–H and O–H groups in total. The van der Waals surface area contributed by atoms with E-state index in [9.17, 15) is 0 Å². The third-order valence-electron chi connectivity index (χ3n) is 2.59. The van der Waals surface area contributed by atoms with Crippen LogP contribution in [0.3, 0.4) is 0 Å². The molecule has 1 fully saturated rings. The molecule has 0 radical (unpaired) electrons. The molecule has 86 valence electrons. The van der Waals surface area contributed by atoms with Crippen LogP contribution in [0.25, 0.3) is 0 Å². The summed E-state index contributed by atoms with van der Waals surface area (Å²) in [6.45, 7) is 0.565. The van der Waals surface area contributed by atoms with Crippen molar-refractivity contribution in [3.63, 3.8) is 0 Å². The van der Waals surface area contributed by atoms with Gasteiger partial charge in [0.25, 0.3) is 0 Å². The zero-order valence-corrected chi connectivity index (χ0v) is 10.2. The molecule has 1 rings (SSSR count). The molecule has 0 atom stereocenters. The topological polar surface area (TPSA) is 48.7 Å². The number of methoxy groups -OCH3 is 1. The van der Waals surface area contributed by atoms with Crippen molar-refractivity contribution in [1.29, 1.82) is 5.41 Å². The Balaban J connectivity index is 2.48. The first-order chi connectivity index (χ1) is 7.27. The third kappa shape index (κ3) is 4.22. The van der Waals surface area contributed by atoms with Gasteiger partial charge in [0.05, 0.1) is 6.34 Å². The van der Waals surface area contributed by atoms with E-state index in [4.69, 9.17) is 10.1 Å². The van der Waals surface area contributed by atoms with Gasteiger partial charge in [0.15, 0.2) is 5.17 Å². The zero-order valence-electron chi connectivity index (χ0n) is 9.40. The average Bonchev–Trinajstić information content (AvgIpc) is 2.76. The maximum atomic E-state index is 7.43. The van der Waals surface area contributed by atoms with Crippen molar-refractivity contribution in [1.82, 2.24) is 4.90 Å². The molecular weight excluding hydrogens is 210 g/mol. The Morgan fingerprint density at radius 2 is 2.27 bits per heavy atom. The first-order valence-corrected chi connectivity index (χ1v) is 6.41. The molecule has 4 nitrogen and oxygen atoms in total. The maximum Gasteiger partial charge on any atom is 0.181 e. The van der Waals surface area contributed by atoms with Crippen LogP contribution in [0.2, 0.25) is 0 Å². The number of hydrogen-bond acceptors (Lipinski definition) is 3. The molecule has 5 heteroatoms. The van der Waals surface area contributed by atoms with Gasteiger partial charge in [-0.25, -0.2) is 4.99 Å². The molecule has 1 aliphatic rings. The van der Waals surface area contributed by atoms with E-state index >= 15 is 0 Å². The molecule has 1 saturated carbocycles. The number of nitrogens with zero attached hydrogens (tertiary/aromatic N) is 2. The van der Waals surface area contributed by atoms with Crippen LogP contribution in [0.1, 0.15) is 25.7 Å². The maximum absolute atomic E-state index is 7.43. The van der Waals surface area contributed by atoms with Gasteiger partial charge in [-0.05, 0) is 19.1 Å². The highest BCUT2D eigenvalue weighted by atomic mass is 32.2. The first-order valence-electron chi connectivity index (χ1n) is 5.19. The summed E-state index contributed by atoms with van der Waals surface area (Å²) in [4.78, 5) is 6.17. The summed E-state index contributed by atoms with van der Waals surface area (Å²) in [6, 6.07) is 0.545. The molecule has 0 heterocycles. The van der Waals surface area contributed by atoms with E-state index < -0.39 is 0 Å². The average molecular weight is 229 g/mol. The molecule has 0 amide bonds. The SMILES string of the molecule is COCN(/C=N/C(=N)SC)C1CCCC1. The smallest absolute Gasteiger partial charge is 0.181 e. The van der Waals surface area contributed by atoms with Gasteiger partial charge in [-0.1, -0.05) is 24.6 Å². The van der Waals surface area contributed by atoms with Crippen LogP contribution in [0.5, 0.6) is 0 Å². The van der Waals surface area contributed by atoms with Crippen LogP contribution < -0.4 is 0 Å². The Morgan fingerprint density at radius 1 is 1.60 bits per heavy atom. The largest absolute Gasteiger partial charge is 0.364 e. The molecule has 15 heavy (non-hydrogen) atoms. The number of amidine groups is 1. The molecular formula is C10H19N3OS. The van der Waals surface area contributed by atoms with E-state index in [2.05, 4.69) is 9.89 Å². The standard InChI is InChI=1S/C10H19N3OS/c1-14-8-13(7-12-10(11)15-2)9-5-3-4-6-9/h7,9,11H,3-6,8H2,1-2H3/b11-10?,12-7+. The Labute approximate surface area is 95.6 Å². The van der Waals surface area contributed by atoms with E-state index in [-0.39, 0.29) is 0 Å². The molecule has 0 bridgehead atoms. The van der Waals surface area contributed by atoms with Crippen molar-refractivity contribution < 1.29 is 4.74 Å². The van der Waals surface area contributed by atoms with Gasteiger partial charge in [-0.2, -0.15) is 0 Å². The molecule has 0 aliphatic heterocycles. The quantitative estimate of drug-likeness (QED) is 0.456. The summed E-state index contributed by atoms with van der Waals surface area (Å²) in [7, 11) is 1.69. The monoisotopic (exact) mass is 229 g/mol. The molecule has 0 aromatic carbocycles. The number of rotatable bonds is 4. The summed E-state index contributed by atoms with van der Waals surface area (Å²) < 4.78 is 5.14. The fourth-order valence-electron chi connectivity index (χ4n) is 1.80. The predicted octanol–water partition coefficient (Wildman–Crippen LogP) is 2.16. The minimum Gasteiger partial charge on any atom is -0.364 e. The second-order valence-electron chi connectivity index (χ2n) is 3.62. The zero-order chi connectivity index (χ0) is 11.1. The lowest BCUT2D eigenvalue weighted by molar-refractivity contribution is 0.0894. The Hall–Kier alpha value is -0.550. The highest BCUT2D eigenvalue weighted by molar-refractivity contribution is 8.13. The van der Waals surface area contributed by atoms with Gasteiger partial charge in [0.2, 0.25) is 0 Å². The second-order valence-corrected chi connectivity index (χ2v) is 4.42. The summed E-state index contributed by atoms with van der Waals surface area (Å²) in [5, 5.41) is 7.77. The minimum atomic E-state index is 0.342. The summed E-state index contributed by atoms with van der Waals surface area (Å²) in [5.74, 6) is 0. The van der Waals surface area contributed by atoms with Crippen molar-refractivity contribution in [3.05, 3.63) is 0 Å². The molecule has 1 aliphatic carbocycles. The molecule has 0 spiro atoms. The van der Waals surface area contributed by atoms with E-state index in [1.165, 1.54) is 37.4 Å². The molecule has 0 unspecified atom stereocenters. The fraction of sp³-hybridized carbons (Fsp3) is 0.800. The molecule has 0 aromatic rings. The van der Waals surface area contributed by atoms with E-state index in [0.29, 0.717) is 17.9 Å². The van der Waals surface area contributed by atoms with Gasteiger partial charge in [0, 0.05) is 13.2 Å². The van der Waals surface area contributed by atoms with Crippen LogP contribution >= 0.6 is 11.8 Å². The highest BCUT2D eigenvalue weighted by Gasteiger charge is 2.20. The third-order valence-corrected chi connectivity index (χ3v) is 3.08. The van der Waals surface area contributed by atoms with Crippen molar-refractivity contribution >= 4 is 23.3 Å². The van der Waals surface area contributed by atoms with E-state index in [1.54, 1.807) is 13.4 Å². The van der Waals surface area contributed by atoms with E-state index in [0.717, 1.165) is 0 Å². The van der Waals surface area contributed by atoms with Gasteiger partial charge >= 0.3 is 0 Å². The number of nitrogens with one attached hydrogen (secondary N) is 1. The number of aliphatic imine (C=N–C) groups is 1. The number of thioether (sulfide) groups is 1. The summed E-state index contributed by atoms with van der Waals surface area (Å²) in [6.07, 6.45) is 8.61.